The van der Waals surface area contributed by atoms with Crippen LogP contribution in [0.5, 0.6) is 0 Å². The van der Waals surface area contributed by atoms with Crippen molar-refractivity contribution >= 4 is 23.7 Å². The van der Waals surface area contributed by atoms with Gasteiger partial charge in [0, 0.05) is 0 Å². The van der Waals surface area contributed by atoms with Crippen molar-refractivity contribution in [1.82, 2.24) is 9.97 Å². The van der Waals surface area contributed by atoms with Gasteiger partial charge in [-0.1, -0.05) is 11.6 Å². The predicted octanol–water partition coefficient (Wildman–Crippen LogP) is 1.28. The number of nitrogens with one attached hydrogen (secondary N) is 1. The Morgan fingerprint density at radius 1 is 1.53 bits per heavy atom. The van der Waals surface area contributed by atoms with E-state index in [-0.39, 0.29) is 16.5 Å². The van der Waals surface area contributed by atoms with Gasteiger partial charge in [-0.25, -0.2) is 9.97 Å². The molecule has 9 heteroatoms. The summed E-state index contributed by atoms with van der Waals surface area (Å²) in [5.74, 6) is -0.164. The number of rotatable bonds is 4. The zero-order valence-corrected chi connectivity index (χ0v) is 8.96. The lowest BCUT2D eigenvalue weighted by Crippen LogP contribution is -2.35. The maximum Gasteiger partial charge on any atom is 0.416 e. The molecule has 1 atom stereocenters. The van der Waals surface area contributed by atoms with Crippen molar-refractivity contribution < 1.29 is 23.1 Å². The van der Waals surface area contributed by atoms with E-state index in [2.05, 4.69) is 15.3 Å². The molecule has 1 rings (SSSR count). The van der Waals surface area contributed by atoms with Crippen molar-refractivity contribution in [2.24, 2.45) is 0 Å². The van der Waals surface area contributed by atoms with E-state index >= 15 is 0 Å². The molecule has 0 saturated carbocycles. The van der Waals surface area contributed by atoms with Crippen LogP contribution in [0.3, 0.4) is 0 Å². The number of nitrogens with zero attached hydrogens (tertiary/aromatic N) is 2. The molecule has 0 saturated heterocycles. The van der Waals surface area contributed by atoms with Crippen LogP contribution in [0.2, 0.25) is 5.15 Å². The van der Waals surface area contributed by atoms with Gasteiger partial charge in [-0.3, -0.25) is 4.79 Å². The van der Waals surface area contributed by atoms with E-state index in [1.165, 1.54) is 0 Å². The number of aliphatic hydroxyl groups is 1. The highest BCUT2D eigenvalue weighted by atomic mass is 35.5. The van der Waals surface area contributed by atoms with Crippen LogP contribution in [0.4, 0.5) is 19.0 Å². The van der Waals surface area contributed by atoms with Gasteiger partial charge in [0.2, 0.25) is 0 Å². The van der Waals surface area contributed by atoms with Gasteiger partial charge in [-0.15, -0.1) is 0 Å². The van der Waals surface area contributed by atoms with E-state index in [9.17, 15) is 18.0 Å². The third kappa shape index (κ3) is 3.53. The third-order valence-corrected chi connectivity index (χ3v) is 2.10. The first kappa shape index (κ1) is 13.7. The van der Waals surface area contributed by atoms with Crippen LogP contribution in [0, 0.1) is 0 Å². The molecule has 5 nitrogen and oxygen atoms in total. The Kier molecular flexibility index (Phi) is 4.24. The van der Waals surface area contributed by atoms with Crippen molar-refractivity contribution in [1.29, 1.82) is 0 Å². The van der Waals surface area contributed by atoms with Crippen molar-refractivity contribution in [2.45, 2.75) is 12.3 Å². The molecule has 17 heavy (non-hydrogen) atoms. The summed E-state index contributed by atoms with van der Waals surface area (Å²) < 4.78 is 36.0. The average molecular weight is 270 g/mol. The summed E-state index contributed by atoms with van der Waals surface area (Å²) in [6.45, 7) is -0.836. The highest BCUT2D eigenvalue weighted by molar-refractivity contribution is 6.32. The lowest BCUT2D eigenvalue weighted by molar-refractivity contribution is -0.198. The molecule has 2 N–H and O–H groups in total. The third-order valence-electron chi connectivity index (χ3n) is 1.79. The van der Waals surface area contributed by atoms with Gasteiger partial charge in [-0.05, 0) is 0 Å². The lowest BCUT2D eigenvalue weighted by atomic mass is 10.3. The quantitative estimate of drug-likeness (QED) is 0.636. The summed E-state index contributed by atoms with van der Waals surface area (Å²) in [7, 11) is 0. The fourth-order valence-corrected chi connectivity index (χ4v) is 1.11. The molecule has 0 fully saturated rings. The van der Waals surface area contributed by atoms with Gasteiger partial charge in [0.05, 0.1) is 12.1 Å². The second-order valence-electron chi connectivity index (χ2n) is 2.98. The summed E-state index contributed by atoms with van der Waals surface area (Å²) in [5.41, 5.74) is -0.163. The molecule has 0 spiro atoms. The molecule has 0 aromatic carbocycles. The van der Waals surface area contributed by atoms with Gasteiger partial charge in [-0.2, -0.15) is 13.2 Å². The minimum absolute atomic E-state index is 0.163. The summed E-state index contributed by atoms with van der Waals surface area (Å²) in [4.78, 5) is 17.6. The molecule has 0 radical (unpaired) electrons. The monoisotopic (exact) mass is 269 g/mol. The number of anilines is 1. The lowest BCUT2D eigenvalue weighted by Gasteiger charge is -2.15. The van der Waals surface area contributed by atoms with E-state index in [4.69, 9.17) is 16.7 Å². The maximum absolute atomic E-state index is 12.0. The van der Waals surface area contributed by atoms with E-state index in [1.807, 2.05) is 0 Å². The zero-order chi connectivity index (χ0) is 13.1. The Balaban J connectivity index is 2.76. The Bertz CT molecular complexity index is 413. The molecule has 0 aliphatic carbocycles. The minimum Gasteiger partial charge on any atom is -0.382 e. The number of carbonyl (C=O) groups is 1. The number of alkyl halides is 3. The highest BCUT2D eigenvalue weighted by Gasteiger charge is 2.38. The molecule has 0 amide bonds. The molecule has 0 aliphatic rings. The number of carbonyl (C=O) groups excluding carboxylic acids is 1. The van der Waals surface area contributed by atoms with E-state index < -0.39 is 18.8 Å². The van der Waals surface area contributed by atoms with Gasteiger partial charge in [0.25, 0.3) is 0 Å². The second kappa shape index (κ2) is 5.28. The number of aliphatic hydroxyl groups excluding tert-OH is 1. The van der Waals surface area contributed by atoms with Crippen LogP contribution in [-0.2, 0) is 0 Å². The summed E-state index contributed by atoms with van der Waals surface area (Å²) in [6.07, 6.45) is -6.01. The molecule has 1 aromatic heterocycles. The van der Waals surface area contributed by atoms with Gasteiger partial charge < -0.3 is 10.4 Å². The van der Waals surface area contributed by atoms with Gasteiger partial charge in [0.1, 0.15) is 17.3 Å². The van der Waals surface area contributed by atoms with Crippen molar-refractivity contribution in [3.05, 3.63) is 17.0 Å². The van der Waals surface area contributed by atoms with E-state index in [1.54, 1.807) is 0 Å². The van der Waals surface area contributed by atoms with Crippen LogP contribution in [0.15, 0.2) is 6.33 Å². The fourth-order valence-electron chi connectivity index (χ4n) is 0.928. The molecule has 1 unspecified atom stereocenters. The van der Waals surface area contributed by atoms with E-state index in [0.717, 1.165) is 6.33 Å². The summed E-state index contributed by atoms with van der Waals surface area (Å²) in [6, 6.07) is 0. The molecule has 0 aliphatic heterocycles. The zero-order valence-electron chi connectivity index (χ0n) is 8.20. The first-order chi connectivity index (χ1) is 7.86. The number of hydrogen-bond acceptors (Lipinski definition) is 5. The maximum atomic E-state index is 12.0. The Morgan fingerprint density at radius 2 is 2.18 bits per heavy atom. The molecule has 94 valence electrons. The summed E-state index contributed by atoms with van der Waals surface area (Å²) >= 11 is 5.53. The van der Waals surface area contributed by atoms with E-state index in [0.29, 0.717) is 6.29 Å². The molecule has 0 bridgehead atoms. The van der Waals surface area contributed by atoms with Crippen molar-refractivity contribution in [3.63, 3.8) is 0 Å². The minimum atomic E-state index is -4.74. The summed E-state index contributed by atoms with van der Waals surface area (Å²) in [5, 5.41) is 10.7. The molecular formula is C8H7ClF3N3O2. The SMILES string of the molecule is O=Cc1c(Cl)ncnc1NCC(O)C(F)(F)F. The van der Waals surface area contributed by atoms with Gasteiger partial charge in [0.15, 0.2) is 12.4 Å². The van der Waals surface area contributed by atoms with Crippen LogP contribution < -0.4 is 5.32 Å². The van der Waals surface area contributed by atoms with Gasteiger partial charge >= 0.3 is 6.18 Å². The Hall–Kier alpha value is -1.41. The smallest absolute Gasteiger partial charge is 0.382 e. The average Bonchev–Trinajstić information content (AvgIpc) is 2.24. The largest absolute Gasteiger partial charge is 0.416 e. The van der Waals surface area contributed by atoms with Crippen LogP contribution in [0.25, 0.3) is 0 Å². The molecule has 1 heterocycles. The van der Waals surface area contributed by atoms with Crippen molar-refractivity contribution in [3.8, 4) is 0 Å². The standard InChI is InChI=1S/C8H7ClF3N3O2/c9-6-4(2-16)7(15-3-14-6)13-1-5(17)8(10,11)12/h2-3,5,17H,1H2,(H,13,14,15). The predicted molar refractivity (Wildman–Crippen MR) is 53.0 cm³/mol. The second-order valence-corrected chi connectivity index (χ2v) is 3.34. The van der Waals surface area contributed by atoms with Crippen LogP contribution in [0.1, 0.15) is 10.4 Å². The number of aldehydes is 1. The Morgan fingerprint density at radius 3 is 2.71 bits per heavy atom. The molecule has 1 aromatic rings. The normalized spacial score (nSPS) is 13.2. The number of aromatic nitrogens is 2. The fraction of sp³-hybridized carbons (Fsp3) is 0.375. The Labute approximate surface area is 98.6 Å². The number of halogens is 4. The first-order valence-electron chi connectivity index (χ1n) is 4.30. The van der Waals surface area contributed by atoms with Crippen LogP contribution in [-0.4, -0.2) is 40.2 Å². The van der Waals surface area contributed by atoms with Crippen molar-refractivity contribution in [2.75, 3.05) is 11.9 Å². The number of hydrogen-bond donors (Lipinski definition) is 2. The highest BCUT2D eigenvalue weighted by Crippen LogP contribution is 2.21. The first-order valence-corrected chi connectivity index (χ1v) is 4.68. The van der Waals surface area contributed by atoms with Crippen LogP contribution >= 0.6 is 11.6 Å². The topological polar surface area (TPSA) is 75.1 Å². The molecular weight excluding hydrogens is 263 g/mol.